The summed E-state index contributed by atoms with van der Waals surface area (Å²) >= 11 is 0. The van der Waals surface area contributed by atoms with Crippen LogP contribution in [0.2, 0.25) is 0 Å². The molecule has 1 unspecified atom stereocenters. The van der Waals surface area contributed by atoms with Crippen LogP contribution in [0.15, 0.2) is 42.7 Å². The van der Waals surface area contributed by atoms with Gasteiger partial charge in [-0.2, -0.15) is 0 Å². The third kappa shape index (κ3) is 6.70. The second-order valence-corrected chi connectivity index (χ2v) is 5.26. The third-order valence-corrected chi connectivity index (χ3v) is 3.15. The van der Waals surface area contributed by atoms with Crippen LogP contribution in [0.5, 0.6) is 0 Å². The average Bonchev–Trinajstić information content (AvgIpc) is 2.53. The van der Waals surface area contributed by atoms with Crippen LogP contribution in [0.1, 0.15) is 23.7 Å². The molecule has 1 amide bonds. The van der Waals surface area contributed by atoms with Crippen molar-refractivity contribution in [1.29, 1.82) is 0 Å². The van der Waals surface area contributed by atoms with Gasteiger partial charge >= 0.3 is 5.97 Å². The minimum absolute atomic E-state index is 0. The number of rotatable bonds is 5. The van der Waals surface area contributed by atoms with Gasteiger partial charge in [0.15, 0.2) is 0 Å². The summed E-state index contributed by atoms with van der Waals surface area (Å²) in [6, 6.07) is 8.80. The molecule has 1 aromatic carbocycles. The molecule has 0 bridgehead atoms. The van der Waals surface area contributed by atoms with Gasteiger partial charge in [-0.1, -0.05) is 12.1 Å². The zero-order valence-corrected chi connectivity index (χ0v) is 15.5. The van der Waals surface area contributed by atoms with Crippen molar-refractivity contribution in [2.45, 2.75) is 19.4 Å². The van der Waals surface area contributed by atoms with Crippen LogP contribution >= 0.6 is 24.8 Å². The Hall–Kier alpha value is -2.15. The number of halogens is 2. The van der Waals surface area contributed by atoms with Crippen molar-refractivity contribution in [2.75, 3.05) is 12.4 Å². The molecule has 2 aromatic rings. The lowest BCUT2D eigenvalue weighted by molar-refractivity contribution is -0.116. The number of ether oxygens (including phenoxy) is 1. The summed E-state index contributed by atoms with van der Waals surface area (Å²) < 4.78 is 4.69. The number of methoxy groups -OCH3 is 1. The zero-order chi connectivity index (χ0) is 16.8. The van der Waals surface area contributed by atoms with Gasteiger partial charge in [0.1, 0.15) is 0 Å². The fourth-order valence-corrected chi connectivity index (χ4v) is 2.11. The van der Waals surface area contributed by atoms with E-state index in [1.807, 2.05) is 18.2 Å². The van der Waals surface area contributed by atoms with E-state index in [2.05, 4.69) is 10.3 Å². The molecule has 25 heavy (non-hydrogen) atoms. The maximum absolute atomic E-state index is 11.8. The Morgan fingerprint density at radius 1 is 1.20 bits per heavy atom. The fraction of sp³-hybridized carbons (Fsp3) is 0.235. The van der Waals surface area contributed by atoms with Crippen LogP contribution in [-0.4, -0.2) is 30.0 Å². The molecule has 0 saturated heterocycles. The molecule has 1 atom stereocenters. The van der Waals surface area contributed by atoms with Crippen molar-refractivity contribution in [1.82, 2.24) is 4.98 Å². The van der Waals surface area contributed by atoms with Gasteiger partial charge in [-0.25, -0.2) is 4.79 Å². The normalized spacial score (nSPS) is 10.7. The standard InChI is InChI=1S/C17H19N3O3.2ClH/c1-11(18)6-16(21)20-15-5-3-4-12(8-15)13-7-14(10-19-9-13)17(22)23-2;;/h3-5,7-11H,6,18H2,1-2H3,(H,20,21);2*1H. The van der Waals surface area contributed by atoms with E-state index in [1.54, 1.807) is 25.3 Å². The number of nitrogens with one attached hydrogen (secondary N) is 1. The molecule has 1 heterocycles. The number of amides is 1. The lowest BCUT2D eigenvalue weighted by atomic mass is 10.1. The summed E-state index contributed by atoms with van der Waals surface area (Å²) in [6.45, 7) is 1.78. The predicted octanol–water partition coefficient (Wildman–Crippen LogP) is 3.05. The Morgan fingerprint density at radius 3 is 2.56 bits per heavy atom. The highest BCUT2D eigenvalue weighted by Gasteiger charge is 2.09. The largest absolute Gasteiger partial charge is 0.465 e. The van der Waals surface area contributed by atoms with E-state index in [1.165, 1.54) is 13.3 Å². The summed E-state index contributed by atoms with van der Waals surface area (Å²) in [6.07, 6.45) is 3.35. The summed E-state index contributed by atoms with van der Waals surface area (Å²) in [7, 11) is 1.32. The second kappa shape index (κ2) is 10.7. The molecular weight excluding hydrogens is 365 g/mol. The molecule has 2 rings (SSSR count). The Morgan fingerprint density at radius 2 is 1.92 bits per heavy atom. The highest BCUT2D eigenvalue weighted by atomic mass is 35.5. The number of nitrogens with zero attached hydrogens (tertiary/aromatic N) is 1. The van der Waals surface area contributed by atoms with Crippen molar-refractivity contribution in [3.63, 3.8) is 0 Å². The average molecular weight is 386 g/mol. The van der Waals surface area contributed by atoms with Gasteiger partial charge in [0.2, 0.25) is 5.91 Å². The second-order valence-electron chi connectivity index (χ2n) is 5.26. The number of aromatic nitrogens is 1. The zero-order valence-electron chi connectivity index (χ0n) is 13.9. The molecule has 6 nitrogen and oxygen atoms in total. The maximum Gasteiger partial charge on any atom is 0.339 e. The molecule has 0 radical (unpaired) electrons. The summed E-state index contributed by atoms with van der Waals surface area (Å²) in [5.41, 5.74) is 8.24. The number of benzene rings is 1. The Bertz CT molecular complexity index is 724. The maximum atomic E-state index is 11.8. The molecule has 0 spiro atoms. The number of hydrogen-bond donors (Lipinski definition) is 2. The van der Waals surface area contributed by atoms with Crippen molar-refractivity contribution in [2.24, 2.45) is 5.73 Å². The molecule has 0 fully saturated rings. The van der Waals surface area contributed by atoms with Crippen LogP contribution in [0.4, 0.5) is 5.69 Å². The molecule has 0 aliphatic rings. The molecule has 0 aliphatic heterocycles. The first-order valence-electron chi connectivity index (χ1n) is 7.19. The number of carbonyl (C=O) groups is 2. The summed E-state index contributed by atoms with van der Waals surface area (Å²) in [5.74, 6) is -0.584. The smallest absolute Gasteiger partial charge is 0.339 e. The van der Waals surface area contributed by atoms with Crippen LogP contribution in [0.3, 0.4) is 0 Å². The molecule has 0 aliphatic carbocycles. The van der Waals surface area contributed by atoms with Gasteiger partial charge in [0.25, 0.3) is 0 Å². The third-order valence-electron chi connectivity index (χ3n) is 3.15. The van der Waals surface area contributed by atoms with E-state index in [0.29, 0.717) is 11.3 Å². The van der Waals surface area contributed by atoms with Crippen LogP contribution in [-0.2, 0) is 9.53 Å². The predicted molar refractivity (Wildman–Crippen MR) is 102 cm³/mol. The van der Waals surface area contributed by atoms with E-state index in [9.17, 15) is 9.59 Å². The Balaban J connectivity index is 0.00000288. The molecule has 8 heteroatoms. The van der Waals surface area contributed by atoms with E-state index >= 15 is 0 Å². The number of pyridine rings is 1. The highest BCUT2D eigenvalue weighted by molar-refractivity contribution is 5.92. The van der Waals surface area contributed by atoms with Gasteiger partial charge in [0.05, 0.1) is 12.7 Å². The van der Waals surface area contributed by atoms with E-state index < -0.39 is 5.97 Å². The first-order valence-corrected chi connectivity index (χ1v) is 7.19. The summed E-state index contributed by atoms with van der Waals surface area (Å²) in [4.78, 5) is 27.4. The monoisotopic (exact) mass is 385 g/mol. The Kier molecular flexibility index (Phi) is 9.74. The highest BCUT2D eigenvalue weighted by Crippen LogP contribution is 2.23. The van der Waals surface area contributed by atoms with Crippen LogP contribution in [0.25, 0.3) is 11.1 Å². The number of hydrogen-bond acceptors (Lipinski definition) is 5. The molecular formula is C17H21Cl2N3O3. The lowest BCUT2D eigenvalue weighted by Crippen LogP contribution is -2.23. The van der Waals surface area contributed by atoms with Gasteiger partial charge in [-0.3, -0.25) is 9.78 Å². The van der Waals surface area contributed by atoms with E-state index in [0.717, 1.165) is 11.1 Å². The topological polar surface area (TPSA) is 94.3 Å². The summed E-state index contributed by atoms with van der Waals surface area (Å²) in [5, 5.41) is 2.80. The number of anilines is 1. The minimum atomic E-state index is -0.444. The van der Waals surface area contributed by atoms with Crippen LogP contribution < -0.4 is 11.1 Å². The van der Waals surface area contributed by atoms with Gasteiger partial charge in [-0.05, 0) is 30.7 Å². The van der Waals surface area contributed by atoms with E-state index in [-0.39, 0.29) is 43.2 Å². The minimum Gasteiger partial charge on any atom is -0.465 e. The first kappa shape index (κ1) is 22.9. The number of carbonyl (C=O) groups excluding carboxylic acids is 2. The van der Waals surface area contributed by atoms with Crippen molar-refractivity contribution < 1.29 is 14.3 Å². The Labute approximate surface area is 159 Å². The number of nitrogens with two attached hydrogens (primary N) is 1. The molecule has 0 saturated carbocycles. The van der Waals surface area contributed by atoms with Crippen molar-refractivity contribution in [3.05, 3.63) is 48.3 Å². The van der Waals surface area contributed by atoms with Gasteiger partial charge in [-0.15, -0.1) is 24.8 Å². The van der Waals surface area contributed by atoms with Gasteiger partial charge in [0, 0.05) is 36.1 Å². The first-order chi connectivity index (χ1) is 11.0. The van der Waals surface area contributed by atoms with Gasteiger partial charge < -0.3 is 15.8 Å². The lowest BCUT2D eigenvalue weighted by Gasteiger charge is -2.09. The molecule has 136 valence electrons. The quantitative estimate of drug-likeness (QED) is 0.771. The van der Waals surface area contributed by atoms with Crippen molar-refractivity contribution >= 4 is 42.4 Å². The van der Waals surface area contributed by atoms with E-state index in [4.69, 9.17) is 10.5 Å². The number of esters is 1. The van der Waals surface area contributed by atoms with Crippen LogP contribution in [0, 0.1) is 0 Å². The SMILES string of the molecule is COC(=O)c1cncc(-c2cccc(NC(=O)CC(C)N)c2)c1.Cl.Cl. The fourth-order valence-electron chi connectivity index (χ4n) is 2.11. The molecule has 1 aromatic heterocycles. The van der Waals surface area contributed by atoms with Crippen molar-refractivity contribution in [3.8, 4) is 11.1 Å². The molecule has 3 N–H and O–H groups in total.